The van der Waals surface area contributed by atoms with Gasteiger partial charge in [0.2, 0.25) is 0 Å². The normalized spacial score (nSPS) is 13.7. The molecule has 0 aromatic rings. The third kappa shape index (κ3) is 56.9. The van der Waals surface area contributed by atoms with Crippen LogP contribution in [0, 0.1) is 0 Å². The van der Waals surface area contributed by atoms with E-state index in [1.807, 2.05) is 21.1 Å². The topological polar surface area (TPSA) is 111 Å². The van der Waals surface area contributed by atoms with Crippen LogP contribution in [0.15, 0.2) is 60.8 Å². The summed E-state index contributed by atoms with van der Waals surface area (Å²) in [7, 11) is 1.18. The van der Waals surface area contributed by atoms with Gasteiger partial charge in [0.15, 0.2) is 6.10 Å². The number of allylic oxidation sites excluding steroid dienone is 10. The Morgan fingerprint density at radius 2 is 0.803 bits per heavy atom. The molecule has 0 aliphatic carbocycles. The van der Waals surface area contributed by atoms with Gasteiger partial charge in [-0.1, -0.05) is 254 Å². The molecule has 0 rings (SSSR count). The molecule has 0 aliphatic heterocycles. The molecule has 414 valence electrons. The molecule has 0 bridgehead atoms. The van der Waals surface area contributed by atoms with Crippen molar-refractivity contribution in [2.24, 2.45) is 0 Å². The average molecular weight is 1020 g/mol. The van der Waals surface area contributed by atoms with Crippen molar-refractivity contribution in [3.63, 3.8) is 0 Å². The van der Waals surface area contributed by atoms with Crippen molar-refractivity contribution in [2.45, 2.75) is 270 Å². The van der Waals surface area contributed by atoms with Crippen molar-refractivity contribution in [2.75, 3.05) is 47.5 Å². The second kappa shape index (κ2) is 52.6. The summed E-state index contributed by atoms with van der Waals surface area (Å²) in [6.45, 7) is 4.14. The standard InChI is InChI=1S/C61H112NO8P/c1-6-8-10-12-14-16-18-20-21-22-23-24-25-26-27-28-29-30-31-32-33-34-35-36-37-38-39-40-41-42-44-46-48-50-52-54-61(64)70-59(58-69-71(65,66)68-56-55-62(3,4)5)57-67-60(63)53-51-49-47-45-43-19-17-15-13-11-9-7-2/h8,10,14,16,20-21,23-24,26-27,59H,6-7,9,11-13,15,17-19,22,25,28-58H2,1-5H3/b10-8-,16-14-,21-20-,24-23-,27-26-. The van der Waals surface area contributed by atoms with Crippen LogP contribution in [0.2, 0.25) is 0 Å². The minimum absolute atomic E-state index is 0.0292. The highest BCUT2D eigenvalue weighted by atomic mass is 31.2. The molecule has 0 saturated heterocycles. The summed E-state index contributed by atoms with van der Waals surface area (Å²) in [5.41, 5.74) is 0. The Morgan fingerprint density at radius 3 is 1.20 bits per heavy atom. The predicted molar refractivity (Wildman–Crippen MR) is 300 cm³/mol. The molecule has 0 aromatic heterocycles. The van der Waals surface area contributed by atoms with E-state index in [2.05, 4.69) is 74.6 Å². The fraction of sp³-hybridized carbons (Fsp3) is 0.803. The van der Waals surface area contributed by atoms with Gasteiger partial charge in [-0.15, -0.1) is 0 Å². The minimum atomic E-state index is -4.63. The third-order valence-electron chi connectivity index (χ3n) is 12.8. The number of carbonyl (C=O) groups is 2. The van der Waals surface area contributed by atoms with Gasteiger partial charge in [0, 0.05) is 12.8 Å². The van der Waals surface area contributed by atoms with Gasteiger partial charge in [-0.3, -0.25) is 14.2 Å². The molecule has 0 radical (unpaired) electrons. The lowest BCUT2D eigenvalue weighted by molar-refractivity contribution is -0.870. The van der Waals surface area contributed by atoms with Gasteiger partial charge in [0.05, 0.1) is 27.7 Å². The molecule has 10 heteroatoms. The molecule has 0 N–H and O–H groups in total. The number of nitrogens with zero attached hydrogens (tertiary/aromatic N) is 1. The summed E-state index contributed by atoms with van der Waals surface area (Å²) in [5.74, 6) is -0.823. The summed E-state index contributed by atoms with van der Waals surface area (Å²) >= 11 is 0. The molecule has 2 unspecified atom stereocenters. The number of phosphoric ester groups is 1. The molecule has 0 heterocycles. The highest BCUT2D eigenvalue weighted by Crippen LogP contribution is 2.38. The Labute approximate surface area is 438 Å². The lowest BCUT2D eigenvalue weighted by Gasteiger charge is -2.28. The number of ether oxygens (including phenoxy) is 2. The highest BCUT2D eigenvalue weighted by Gasteiger charge is 2.22. The van der Waals surface area contributed by atoms with Gasteiger partial charge >= 0.3 is 11.9 Å². The first-order chi connectivity index (χ1) is 34.5. The van der Waals surface area contributed by atoms with Crippen molar-refractivity contribution in [1.82, 2.24) is 0 Å². The first-order valence-corrected chi connectivity index (χ1v) is 31.0. The quantitative estimate of drug-likeness (QED) is 0.0195. The Bertz CT molecular complexity index is 1380. The van der Waals surface area contributed by atoms with E-state index in [0.717, 1.165) is 70.6 Å². The van der Waals surface area contributed by atoms with E-state index in [1.165, 1.54) is 161 Å². The minimum Gasteiger partial charge on any atom is -0.756 e. The molecule has 2 atom stereocenters. The van der Waals surface area contributed by atoms with Crippen LogP contribution >= 0.6 is 7.82 Å². The van der Waals surface area contributed by atoms with E-state index in [0.29, 0.717) is 17.4 Å². The maximum absolute atomic E-state index is 12.8. The van der Waals surface area contributed by atoms with Crippen LogP contribution in [-0.4, -0.2) is 70.0 Å². The van der Waals surface area contributed by atoms with Crippen molar-refractivity contribution in [1.29, 1.82) is 0 Å². The lowest BCUT2D eigenvalue weighted by Crippen LogP contribution is -2.37. The van der Waals surface area contributed by atoms with Crippen LogP contribution < -0.4 is 4.89 Å². The van der Waals surface area contributed by atoms with Crippen LogP contribution in [-0.2, 0) is 32.7 Å². The third-order valence-corrected chi connectivity index (χ3v) is 13.8. The lowest BCUT2D eigenvalue weighted by atomic mass is 10.0. The second-order valence-electron chi connectivity index (χ2n) is 21.0. The summed E-state index contributed by atoms with van der Waals surface area (Å²) in [4.78, 5) is 37.7. The SMILES string of the molecule is CC/C=C\C/C=C\C/C=C\C/C=C\C/C=C\CCCCCCCCCCCCCCCCCCCCCC(=O)OC(COC(=O)CCCCCCCCCCCCCC)COP(=O)([O-])OCC[N+](C)(C)C. The molecule has 9 nitrogen and oxygen atoms in total. The molecular weight excluding hydrogens is 906 g/mol. The van der Waals surface area contributed by atoms with E-state index in [4.69, 9.17) is 18.5 Å². The second-order valence-corrected chi connectivity index (χ2v) is 22.4. The molecule has 0 spiro atoms. The van der Waals surface area contributed by atoms with Crippen LogP contribution in [0.25, 0.3) is 0 Å². The fourth-order valence-electron chi connectivity index (χ4n) is 8.27. The fourth-order valence-corrected chi connectivity index (χ4v) is 9.00. The number of unbranched alkanes of at least 4 members (excludes halogenated alkanes) is 30. The molecule has 0 saturated carbocycles. The number of likely N-dealkylation sites (N-methyl/N-ethyl adjacent to an activating group) is 1. The van der Waals surface area contributed by atoms with E-state index in [9.17, 15) is 19.0 Å². The van der Waals surface area contributed by atoms with Crippen LogP contribution in [0.1, 0.15) is 264 Å². The number of esters is 2. The van der Waals surface area contributed by atoms with Gasteiger partial charge < -0.3 is 27.9 Å². The molecule has 0 amide bonds. The summed E-state index contributed by atoms with van der Waals surface area (Å²) in [5, 5.41) is 0. The summed E-state index contributed by atoms with van der Waals surface area (Å²) in [6, 6.07) is 0. The zero-order valence-corrected chi connectivity index (χ0v) is 47.8. The maximum Gasteiger partial charge on any atom is 0.306 e. The van der Waals surface area contributed by atoms with E-state index < -0.39 is 26.5 Å². The largest absolute Gasteiger partial charge is 0.756 e. The molecule has 0 aliphatic rings. The number of rotatable bonds is 54. The van der Waals surface area contributed by atoms with Crippen LogP contribution in [0.5, 0.6) is 0 Å². The number of hydrogen-bond donors (Lipinski definition) is 0. The van der Waals surface area contributed by atoms with E-state index >= 15 is 0 Å². The maximum atomic E-state index is 12.8. The van der Waals surface area contributed by atoms with E-state index in [-0.39, 0.29) is 32.0 Å². The molecule has 0 fully saturated rings. The number of hydrogen-bond acceptors (Lipinski definition) is 8. The Morgan fingerprint density at radius 1 is 0.451 bits per heavy atom. The van der Waals surface area contributed by atoms with Crippen molar-refractivity contribution in [3.05, 3.63) is 60.8 Å². The Balaban J connectivity index is 3.96. The van der Waals surface area contributed by atoms with Crippen molar-refractivity contribution in [3.8, 4) is 0 Å². The molecular formula is C61H112NO8P. The number of phosphoric acid groups is 1. The zero-order chi connectivity index (χ0) is 52.0. The van der Waals surface area contributed by atoms with Gasteiger partial charge in [0.1, 0.15) is 19.8 Å². The number of quaternary nitrogens is 1. The highest BCUT2D eigenvalue weighted by molar-refractivity contribution is 7.45. The Kier molecular flexibility index (Phi) is 50.9. The predicted octanol–water partition coefficient (Wildman–Crippen LogP) is 17.7. The molecule has 71 heavy (non-hydrogen) atoms. The van der Waals surface area contributed by atoms with Crippen molar-refractivity contribution < 1.29 is 42.1 Å². The molecule has 0 aromatic carbocycles. The first kappa shape index (κ1) is 68.7. The summed E-state index contributed by atoms with van der Waals surface area (Å²) in [6.07, 6.45) is 67.1. The number of carbonyl (C=O) groups excluding carboxylic acids is 2. The van der Waals surface area contributed by atoms with Crippen LogP contribution in [0.4, 0.5) is 0 Å². The first-order valence-electron chi connectivity index (χ1n) is 29.5. The van der Waals surface area contributed by atoms with Gasteiger partial charge in [0.25, 0.3) is 7.82 Å². The average Bonchev–Trinajstić information content (AvgIpc) is 3.33. The van der Waals surface area contributed by atoms with Gasteiger partial charge in [-0.05, 0) is 57.8 Å². The Hall–Kier alpha value is -2.29. The van der Waals surface area contributed by atoms with Crippen LogP contribution in [0.3, 0.4) is 0 Å². The summed E-state index contributed by atoms with van der Waals surface area (Å²) < 4.78 is 34.1. The smallest absolute Gasteiger partial charge is 0.306 e. The van der Waals surface area contributed by atoms with Crippen molar-refractivity contribution >= 4 is 19.8 Å². The zero-order valence-electron chi connectivity index (χ0n) is 46.9. The monoisotopic (exact) mass is 1020 g/mol. The van der Waals surface area contributed by atoms with E-state index in [1.54, 1.807) is 0 Å². The van der Waals surface area contributed by atoms with Gasteiger partial charge in [-0.25, -0.2) is 0 Å². The van der Waals surface area contributed by atoms with Gasteiger partial charge in [-0.2, -0.15) is 0 Å².